The number of ether oxygens (including phenoxy) is 1. The molecule has 0 atom stereocenters. The number of benzene rings is 1. The molecule has 17 heavy (non-hydrogen) atoms. The lowest BCUT2D eigenvalue weighted by molar-refractivity contribution is 0.267. The molecule has 0 bridgehead atoms. The molecule has 0 spiro atoms. The van der Waals surface area contributed by atoms with E-state index >= 15 is 0 Å². The summed E-state index contributed by atoms with van der Waals surface area (Å²) >= 11 is 3.42. The second kappa shape index (κ2) is 5.54. The highest BCUT2D eigenvalue weighted by Crippen LogP contribution is 2.24. The third kappa shape index (κ3) is 4.04. The van der Waals surface area contributed by atoms with Gasteiger partial charge in [-0.25, -0.2) is 0 Å². The predicted octanol–water partition coefficient (Wildman–Crippen LogP) is 3.49. The number of nitrogens with one attached hydrogen (secondary N) is 1. The second-order valence-electron chi connectivity index (χ2n) is 4.81. The first-order valence-corrected chi connectivity index (χ1v) is 6.36. The molecule has 0 heterocycles. The van der Waals surface area contributed by atoms with Crippen LogP contribution in [0.4, 0.5) is 0 Å². The lowest BCUT2D eigenvalue weighted by Crippen LogP contribution is -2.32. The van der Waals surface area contributed by atoms with E-state index in [1.54, 1.807) is 0 Å². The van der Waals surface area contributed by atoms with Crippen LogP contribution in [0.3, 0.4) is 0 Å². The standard InChI is InChI=1S/C13H19BrN2O/c1-9-8-10(14)4-5-11(9)17-7-6-13(2,3)12(15)16/h4-5,8H,6-7H2,1-3H3,(H3,15,16). The summed E-state index contributed by atoms with van der Waals surface area (Å²) in [5, 5.41) is 7.47. The first-order chi connectivity index (χ1) is 7.83. The van der Waals surface area contributed by atoms with Crippen LogP contribution in [0.1, 0.15) is 25.8 Å². The summed E-state index contributed by atoms with van der Waals surface area (Å²) in [6, 6.07) is 5.92. The maximum atomic E-state index is 7.47. The average molecular weight is 299 g/mol. The fourth-order valence-corrected chi connectivity index (χ4v) is 1.80. The van der Waals surface area contributed by atoms with E-state index < -0.39 is 0 Å². The molecular weight excluding hydrogens is 280 g/mol. The predicted molar refractivity (Wildman–Crippen MR) is 74.7 cm³/mol. The van der Waals surface area contributed by atoms with Gasteiger partial charge in [-0.1, -0.05) is 29.8 Å². The van der Waals surface area contributed by atoms with E-state index in [1.165, 1.54) is 0 Å². The summed E-state index contributed by atoms with van der Waals surface area (Å²) in [5.41, 5.74) is 6.32. The van der Waals surface area contributed by atoms with Crippen molar-refractivity contribution in [1.82, 2.24) is 0 Å². The fraction of sp³-hybridized carbons (Fsp3) is 0.462. The van der Waals surface area contributed by atoms with Crippen LogP contribution < -0.4 is 10.5 Å². The molecule has 1 rings (SSSR count). The molecule has 0 saturated carbocycles. The van der Waals surface area contributed by atoms with Gasteiger partial charge >= 0.3 is 0 Å². The topological polar surface area (TPSA) is 59.1 Å². The van der Waals surface area contributed by atoms with E-state index in [0.717, 1.165) is 22.2 Å². The van der Waals surface area contributed by atoms with Crippen molar-refractivity contribution in [2.75, 3.05) is 6.61 Å². The quantitative estimate of drug-likeness (QED) is 0.646. The van der Waals surface area contributed by atoms with Crippen LogP contribution >= 0.6 is 15.9 Å². The van der Waals surface area contributed by atoms with Gasteiger partial charge < -0.3 is 10.5 Å². The van der Waals surface area contributed by atoms with Crippen molar-refractivity contribution < 1.29 is 4.74 Å². The Balaban J connectivity index is 2.54. The Bertz CT molecular complexity index is 416. The van der Waals surface area contributed by atoms with E-state index in [2.05, 4.69) is 15.9 Å². The second-order valence-corrected chi connectivity index (χ2v) is 5.72. The van der Waals surface area contributed by atoms with Gasteiger partial charge in [0.15, 0.2) is 0 Å². The molecule has 0 radical (unpaired) electrons. The normalized spacial score (nSPS) is 11.3. The first-order valence-electron chi connectivity index (χ1n) is 5.56. The van der Waals surface area contributed by atoms with Gasteiger partial charge in [0.05, 0.1) is 12.4 Å². The van der Waals surface area contributed by atoms with E-state index in [9.17, 15) is 0 Å². The fourth-order valence-electron chi connectivity index (χ4n) is 1.33. The van der Waals surface area contributed by atoms with Crippen LogP contribution in [0.2, 0.25) is 0 Å². The summed E-state index contributed by atoms with van der Waals surface area (Å²) < 4.78 is 6.75. The van der Waals surface area contributed by atoms with Crippen molar-refractivity contribution in [2.24, 2.45) is 11.1 Å². The van der Waals surface area contributed by atoms with E-state index in [0.29, 0.717) is 6.61 Å². The lowest BCUT2D eigenvalue weighted by Gasteiger charge is -2.23. The zero-order chi connectivity index (χ0) is 13.1. The van der Waals surface area contributed by atoms with Crippen LogP contribution in [0.15, 0.2) is 22.7 Å². The molecule has 0 aromatic heterocycles. The molecule has 3 N–H and O–H groups in total. The Morgan fingerprint density at radius 1 is 1.47 bits per heavy atom. The van der Waals surface area contributed by atoms with Gasteiger partial charge in [-0.05, 0) is 37.1 Å². The van der Waals surface area contributed by atoms with Crippen molar-refractivity contribution in [3.8, 4) is 5.75 Å². The van der Waals surface area contributed by atoms with E-state index in [4.69, 9.17) is 15.9 Å². The van der Waals surface area contributed by atoms with Crippen LogP contribution in [0, 0.1) is 17.7 Å². The van der Waals surface area contributed by atoms with Crippen LogP contribution in [0.5, 0.6) is 5.75 Å². The number of hydrogen-bond donors (Lipinski definition) is 2. The third-order valence-electron chi connectivity index (χ3n) is 2.85. The molecule has 1 aromatic carbocycles. The summed E-state index contributed by atoms with van der Waals surface area (Å²) in [6.07, 6.45) is 0.734. The zero-order valence-corrected chi connectivity index (χ0v) is 12.1. The lowest BCUT2D eigenvalue weighted by atomic mass is 9.88. The summed E-state index contributed by atoms with van der Waals surface area (Å²) in [4.78, 5) is 0. The highest BCUT2D eigenvalue weighted by molar-refractivity contribution is 9.10. The Hall–Kier alpha value is -1.03. The number of hydrogen-bond acceptors (Lipinski definition) is 2. The molecule has 0 amide bonds. The SMILES string of the molecule is Cc1cc(Br)ccc1OCCC(C)(C)C(=N)N. The van der Waals surface area contributed by atoms with Crippen LogP contribution in [-0.4, -0.2) is 12.4 Å². The molecule has 0 aliphatic rings. The minimum atomic E-state index is -0.302. The molecule has 0 aliphatic carbocycles. The highest BCUT2D eigenvalue weighted by atomic mass is 79.9. The van der Waals surface area contributed by atoms with Crippen molar-refractivity contribution in [3.63, 3.8) is 0 Å². The number of halogens is 1. The molecule has 1 aromatic rings. The van der Waals surface area contributed by atoms with Gasteiger partial charge in [0.1, 0.15) is 5.75 Å². The van der Waals surface area contributed by atoms with Crippen molar-refractivity contribution >= 4 is 21.8 Å². The molecule has 94 valence electrons. The molecule has 4 heteroatoms. The molecule has 3 nitrogen and oxygen atoms in total. The maximum absolute atomic E-state index is 7.47. The van der Waals surface area contributed by atoms with Crippen LogP contribution in [-0.2, 0) is 0 Å². The van der Waals surface area contributed by atoms with Gasteiger partial charge in [-0.15, -0.1) is 0 Å². The van der Waals surface area contributed by atoms with Crippen LogP contribution in [0.25, 0.3) is 0 Å². The Labute approximate surface area is 111 Å². The van der Waals surface area contributed by atoms with E-state index in [-0.39, 0.29) is 11.3 Å². The summed E-state index contributed by atoms with van der Waals surface area (Å²) in [6.45, 7) is 6.48. The number of amidine groups is 1. The number of nitrogens with two attached hydrogens (primary N) is 1. The molecular formula is C13H19BrN2O. The minimum absolute atomic E-state index is 0.202. The zero-order valence-electron chi connectivity index (χ0n) is 10.5. The average Bonchev–Trinajstić information content (AvgIpc) is 2.21. The highest BCUT2D eigenvalue weighted by Gasteiger charge is 2.21. The third-order valence-corrected chi connectivity index (χ3v) is 3.34. The maximum Gasteiger partial charge on any atom is 0.122 e. The molecule has 0 saturated heterocycles. The number of rotatable bonds is 5. The first kappa shape index (κ1) is 14.0. The van der Waals surface area contributed by atoms with Crippen molar-refractivity contribution in [3.05, 3.63) is 28.2 Å². The van der Waals surface area contributed by atoms with E-state index in [1.807, 2.05) is 39.0 Å². The Morgan fingerprint density at radius 2 is 2.12 bits per heavy atom. The summed E-state index contributed by atoms with van der Waals surface area (Å²) in [5.74, 6) is 1.08. The van der Waals surface area contributed by atoms with Gasteiger partial charge in [0.25, 0.3) is 0 Å². The molecule has 0 aliphatic heterocycles. The number of aryl methyl sites for hydroxylation is 1. The van der Waals surface area contributed by atoms with Gasteiger partial charge in [0.2, 0.25) is 0 Å². The van der Waals surface area contributed by atoms with Gasteiger partial charge in [0, 0.05) is 9.89 Å². The molecule has 0 fully saturated rings. The summed E-state index contributed by atoms with van der Waals surface area (Å²) in [7, 11) is 0. The van der Waals surface area contributed by atoms with Gasteiger partial charge in [-0.3, -0.25) is 5.41 Å². The smallest absolute Gasteiger partial charge is 0.122 e. The largest absolute Gasteiger partial charge is 0.493 e. The Morgan fingerprint density at radius 3 is 2.65 bits per heavy atom. The molecule has 0 unspecified atom stereocenters. The van der Waals surface area contributed by atoms with Crippen molar-refractivity contribution in [2.45, 2.75) is 27.2 Å². The van der Waals surface area contributed by atoms with Gasteiger partial charge in [-0.2, -0.15) is 0 Å². The minimum Gasteiger partial charge on any atom is -0.493 e. The monoisotopic (exact) mass is 298 g/mol. The van der Waals surface area contributed by atoms with Crippen molar-refractivity contribution in [1.29, 1.82) is 5.41 Å². The Kier molecular flexibility index (Phi) is 4.57.